The number of hydrogen-bond acceptors (Lipinski definition) is 5. The first-order valence-electron chi connectivity index (χ1n) is 7.22. The topological polar surface area (TPSA) is 95.7 Å². The molecule has 1 atom stereocenters. The van der Waals surface area contributed by atoms with E-state index in [-0.39, 0.29) is 11.8 Å². The zero-order valence-corrected chi connectivity index (χ0v) is 11.8. The summed E-state index contributed by atoms with van der Waals surface area (Å²) in [5.41, 5.74) is 0.227. The minimum absolute atomic E-state index is 0.115. The third-order valence-electron chi connectivity index (χ3n) is 3.74. The van der Waals surface area contributed by atoms with Gasteiger partial charge in [0, 0.05) is 11.9 Å². The molecule has 3 aromatic rings. The normalized spacial score (nSPS) is 17.9. The molecular formula is C15H15N5O2. The largest absolute Gasteiger partial charge is 0.472 e. The van der Waals surface area contributed by atoms with Gasteiger partial charge in [-0.15, -0.1) is 0 Å². The monoisotopic (exact) mass is 297 g/mol. The Balaban J connectivity index is 1.83. The summed E-state index contributed by atoms with van der Waals surface area (Å²) in [5, 5.41) is 11.5. The van der Waals surface area contributed by atoms with Gasteiger partial charge in [-0.2, -0.15) is 5.10 Å². The molecule has 0 saturated carbocycles. The number of rotatable bonds is 3. The zero-order valence-electron chi connectivity index (χ0n) is 11.8. The van der Waals surface area contributed by atoms with Crippen molar-refractivity contribution >= 4 is 10.8 Å². The average molecular weight is 297 g/mol. The van der Waals surface area contributed by atoms with Crippen molar-refractivity contribution in [3.05, 3.63) is 40.8 Å². The second-order valence-electron chi connectivity index (χ2n) is 5.29. The average Bonchev–Trinajstić information content (AvgIpc) is 3.19. The molecule has 0 spiro atoms. The van der Waals surface area contributed by atoms with Gasteiger partial charge < -0.3 is 10.1 Å². The highest BCUT2D eigenvalue weighted by Crippen LogP contribution is 2.28. The third-order valence-corrected chi connectivity index (χ3v) is 3.74. The summed E-state index contributed by atoms with van der Waals surface area (Å²) in [6, 6.07) is 9.78. The molecule has 1 aliphatic rings. The van der Waals surface area contributed by atoms with Crippen molar-refractivity contribution in [2.75, 3.05) is 13.1 Å². The Morgan fingerprint density at radius 2 is 2.18 bits per heavy atom. The first-order chi connectivity index (χ1) is 10.8. The fourth-order valence-corrected chi connectivity index (χ4v) is 2.66. The Bertz CT molecular complexity index is 863. The van der Waals surface area contributed by atoms with Gasteiger partial charge in [0.15, 0.2) is 5.82 Å². The van der Waals surface area contributed by atoms with Crippen LogP contribution in [-0.4, -0.2) is 39.4 Å². The van der Waals surface area contributed by atoms with E-state index in [1.165, 1.54) is 0 Å². The van der Waals surface area contributed by atoms with Crippen LogP contribution >= 0.6 is 0 Å². The third kappa shape index (κ3) is 2.35. The Hall–Kier alpha value is -2.67. The predicted molar refractivity (Wildman–Crippen MR) is 81.8 cm³/mol. The van der Waals surface area contributed by atoms with Crippen molar-refractivity contribution in [1.82, 2.24) is 25.5 Å². The molecule has 0 unspecified atom stereocenters. The molecule has 3 N–H and O–H groups in total. The molecule has 0 bridgehead atoms. The lowest BCUT2D eigenvalue weighted by atomic mass is 10.1. The molecule has 7 nitrogen and oxygen atoms in total. The van der Waals surface area contributed by atoms with Crippen molar-refractivity contribution in [2.45, 2.75) is 12.5 Å². The Morgan fingerprint density at radius 1 is 1.27 bits per heavy atom. The van der Waals surface area contributed by atoms with Crippen LogP contribution in [0.2, 0.25) is 0 Å². The standard InChI is InChI=1S/C15H15N5O2/c21-15-18-13(19-20-15)12-7-9-3-1-2-4-11(9)14(17-12)22-10-5-6-16-8-10/h1-4,7,10,16H,5-6,8H2,(H2,18,19,20,21)/t10-/m0/s1. The van der Waals surface area contributed by atoms with E-state index in [0.717, 1.165) is 30.3 Å². The van der Waals surface area contributed by atoms with Crippen LogP contribution in [0.5, 0.6) is 5.88 Å². The Kier molecular flexibility index (Phi) is 3.12. The summed E-state index contributed by atoms with van der Waals surface area (Å²) in [7, 11) is 0. The highest BCUT2D eigenvalue weighted by atomic mass is 16.5. The summed E-state index contributed by atoms with van der Waals surface area (Å²) in [6.45, 7) is 1.77. The molecule has 3 heterocycles. The van der Waals surface area contributed by atoms with E-state index in [1.54, 1.807) is 0 Å². The highest BCUT2D eigenvalue weighted by molar-refractivity contribution is 5.89. The fourth-order valence-electron chi connectivity index (χ4n) is 2.66. The van der Waals surface area contributed by atoms with Crippen LogP contribution in [0.1, 0.15) is 6.42 Å². The van der Waals surface area contributed by atoms with E-state index in [1.807, 2.05) is 30.3 Å². The molecule has 0 aliphatic carbocycles. The lowest BCUT2D eigenvalue weighted by Crippen LogP contribution is -2.20. The summed E-state index contributed by atoms with van der Waals surface area (Å²) in [4.78, 5) is 18.4. The summed E-state index contributed by atoms with van der Waals surface area (Å²) in [5.74, 6) is 0.982. The summed E-state index contributed by atoms with van der Waals surface area (Å²) >= 11 is 0. The number of fused-ring (bicyclic) bond motifs is 1. The van der Waals surface area contributed by atoms with Crippen molar-refractivity contribution in [2.24, 2.45) is 0 Å². The van der Waals surface area contributed by atoms with Crippen LogP contribution in [0.3, 0.4) is 0 Å². The first-order valence-corrected chi connectivity index (χ1v) is 7.22. The number of nitrogens with zero attached hydrogens (tertiary/aromatic N) is 2. The minimum Gasteiger partial charge on any atom is -0.472 e. The fraction of sp³-hybridized carbons (Fsp3) is 0.267. The second-order valence-corrected chi connectivity index (χ2v) is 5.29. The van der Waals surface area contributed by atoms with E-state index in [0.29, 0.717) is 17.4 Å². The van der Waals surface area contributed by atoms with Crippen molar-refractivity contribution in [3.8, 4) is 17.4 Å². The number of hydrogen-bond donors (Lipinski definition) is 3. The van der Waals surface area contributed by atoms with E-state index in [4.69, 9.17) is 4.74 Å². The molecule has 112 valence electrons. The Labute approximate surface area is 125 Å². The van der Waals surface area contributed by atoms with Gasteiger partial charge in [-0.25, -0.2) is 14.9 Å². The van der Waals surface area contributed by atoms with Crippen molar-refractivity contribution in [1.29, 1.82) is 0 Å². The maximum absolute atomic E-state index is 11.2. The number of pyridine rings is 1. The van der Waals surface area contributed by atoms with Gasteiger partial charge in [0.1, 0.15) is 11.8 Å². The van der Waals surface area contributed by atoms with E-state index in [9.17, 15) is 4.79 Å². The van der Waals surface area contributed by atoms with Crippen molar-refractivity contribution < 1.29 is 4.74 Å². The molecule has 7 heteroatoms. The maximum atomic E-state index is 11.2. The Morgan fingerprint density at radius 3 is 2.95 bits per heavy atom. The van der Waals surface area contributed by atoms with E-state index < -0.39 is 0 Å². The molecule has 1 fully saturated rings. The molecule has 0 amide bonds. The molecule has 22 heavy (non-hydrogen) atoms. The highest BCUT2D eigenvalue weighted by Gasteiger charge is 2.19. The lowest BCUT2D eigenvalue weighted by molar-refractivity contribution is 0.217. The zero-order chi connectivity index (χ0) is 14.9. The van der Waals surface area contributed by atoms with Gasteiger partial charge in [0.25, 0.3) is 0 Å². The molecular weight excluding hydrogens is 282 g/mol. The van der Waals surface area contributed by atoms with Crippen LogP contribution in [0.4, 0.5) is 0 Å². The van der Waals surface area contributed by atoms with Crippen LogP contribution in [0.25, 0.3) is 22.3 Å². The minimum atomic E-state index is -0.354. The van der Waals surface area contributed by atoms with Crippen LogP contribution in [-0.2, 0) is 0 Å². The van der Waals surface area contributed by atoms with Crippen LogP contribution < -0.4 is 15.7 Å². The number of H-pyrrole nitrogens is 2. The van der Waals surface area contributed by atoms with Gasteiger partial charge in [0.2, 0.25) is 5.88 Å². The van der Waals surface area contributed by atoms with Crippen LogP contribution in [0, 0.1) is 0 Å². The van der Waals surface area contributed by atoms with Crippen molar-refractivity contribution in [3.63, 3.8) is 0 Å². The molecule has 4 rings (SSSR count). The van der Waals surface area contributed by atoms with Gasteiger partial charge in [0.05, 0.1) is 0 Å². The molecule has 0 radical (unpaired) electrons. The molecule has 1 aliphatic heterocycles. The molecule has 1 aromatic carbocycles. The van der Waals surface area contributed by atoms with E-state index in [2.05, 4.69) is 25.5 Å². The number of nitrogens with one attached hydrogen (secondary N) is 3. The smallest absolute Gasteiger partial charge is 0.340 e. The maximum Gasteiger partial charge on any atom is 0.340 e. The lowest BCUT2D eigenvalue weighted by Gasteiger charge is -2.14. The van der Waals surface area contributed by atoms with Gasteiger partial charge in [-0.1, -0.05) is 18.2 Å². The predicted octanol–water partition coefficient (Wildman–Crippen LogP) is 1.05. The number of ether oxygens (including phenoxy) is 1. The number of aromatic amines is 2. The molecule has 1 saturated heterocycles. The quantitative estimate of drug-likeness (QED) is 0.671. The first kappa shape index (κ1) is 13.0. The number of aromatic nitrogens is 4. The van der Waals surface area contributed by atoms with E-state index >= 15 is 0 Å². The van der Waals surface area contributed by atoms with Gasteiger partial charge in [-0.05, 0) is 30.5 Å². The van der Waals surface area contributed by atoms with Gasteiger partial charge in [-0.3, -0.25) is 4.98 Å². The molecule has 2 aromatic heterocycles. The van der Waals surface area contributed by atoms with Crippen LogP contribution in [0.15, 0.2) is 35.1 Å². The number of benzene rings is 1. The SMILES string of the molecule is O=c1[nH]nc(-c2cc3ccccc3c(O[C@H]3CCNC3)n2)[nH]1. The van der Waals surface area contributed by atoms with Gasteiger partial charge >= 0.3 is 5.69 Å². The summed E-state index contributed by atoms with van der Waals surface area (Å²) in [6.07, 6.45) is 1.07. The summed E-state index contributed by atoms with van der Waals surface area (Å²) < 4.78 is 6.05. The second kappa shape index (κ2) is 5.27.